The minimum Gasteiger partial charge on any atom is -0.486 e. The third kappa shape index (κ3) is 3.55. The Hall–Kier alpha value is -1.87. The fraction of sp³-hybridized carbons (Fsp3) is 0.250. The quantitative estimate of drug-likeness (QED) is 0.891. The van der Waals surface area contributed by atoms with Gasteiger partial charge in [0.25, 0.3) is 0 Å². The molecule has 0 fully saturated rings. The Morgan fingerprint density at radius 2 is 1.89 bits per heavy atom. The van der Waals surface area contributed by atoms with Crippen LogP contribution in [0.3, 0.4) is 0 Å². The van der Waals surface area contributed by atoms with Crippen LogP contribution in [0.5, 0.6) is 5.75 Å². The zero-order valence-electron chi connectivity index (χ0n) is 10.8. The maximum Gasteiger partial charge on any atom is 0.165 e. The molecule has 0 amide bonds. The van der Waals surface area contributed by atoms with E-state index in [0.29, 0.717) is 6.61 Å². The second-order valence-corrected chi connectivity index (χ2v) is 4.55. The van der Waals surface area contributed by atoms with Gasteiger partial charge in [0, 0.05) is 12.5 Å². The van der Waals surface area contributed by atoms with Crippen LogP contribution >= 0.6 is 0 Å². The molecule has 3 heteroatoms. The first-order valence-corrected chi connectivity index (χ1v) is 6.27. The summed E-state index contributed by atoms with van der Waals surface area (Å²) in [6.07, 6.45) is 0. The van der Waals surface area contributed by atoms with Crippen molar-refractivity contribution in [1.82, 2.24) is 0 Å². The number of hydrogen-bond acceptors (Lipinski definition) is 2. The van der Waals surface area contributed by atoms with Gasteiger partial charge in [-0.15, -0.1) is 0 Å². The largest absolute Gasteiger partial charge is 0.486 e. The molecule has 1 atom stereocenters. The molecule has 2 rings (SSSR count). The van der Waals surface area contributed by atoms with Crippen LogP contribution in [0.2, 0.25) is 0 Å². The lowest BCUT2D eigenvalue weighted by Crippen LogP contribution is -2.01. The molecule has 0 bridgehead atoms. The van der Waals surface area contributed by atoms with Crippen LogP contribution in [0.25, 0.3) is 0 Å². The maximum atomic E-state index is 13.8. The Morgan fingerprint density at radius 3 is 2.53 bits per heavy atom. The van der Waals surface area contributed by atoms with Crippen molar-refractivity contribution in [2.45, 2.75) is 19.4 Å². The van der Waals surface area contributed by atoms with Gasteiger partial charge in [-0.05, 0) is 23.3 Å². The number of benzene rings is 2. The van der Waals surface area contributed by atoms with Crippen LogP contribution in [0, 0.1) is 5.82 Å². The first-order valence-electron chi connectivity index (χ1n) is 6.27. The van der Waals surface area contributed by atoms with E-state index in [-0.39, 0.29) is 18.3 Å². The van der Waals surface area contributed by atoms with Gasteiger partial charge in [0.05, 0.1) is 0 Å². The average Bonchev–Trinajstić information content (AvgIpc) is 2.46. The summed E-state index contributed by atoms with van der Waals surface area (Å²) in [5.74, 6) is -0.232. The van der Waals surface area contributed by atoms with Gasteiger partial charge in [0.15, 0.2) is 11.6 Å². The zero-order chi connectivity index (χ0) is 13.7. The van der Waals surface area contributed by atoms with Crippen LogP contribution in [-0.4, -0.2) is 11.7 Å². The van der Waals surface area contributed by atoms with Crippen molar-refractivity contribution in [2.75, 3.05) is 6.61 Å². The van der Waals surface area contributed by atoms with Gasteiger partial charge in [-0.2, -0.15) is 0 Å². The molecule has 0 saturated carbocycles. The van der Waals surface area contributed by atoms with Crippen molar-refractivity contribution in [3.05, 3.63) is 65.5 Å². The molecule has 0 aliphatic rings. The van der Waals surface area contributed by atoms with Crippen molar-refractivity contribution < 1.29 is 14.2 Å². The van der Waals surface area contributed by atoms with Gasteiger partial charge < -0.3 is 9.84 Å². The highest BCUT2D eigenvalue weighted by Crippen LogP contribution is 2.23. The van der Waals surface area contributed by atoms with Crippen LogP contribution in [-0.2, 0) is 6.61 Å². The first kappa shape index (κ1) is 13.6. The molecule has 1 N–H and O–H groups in total. The van der Waals surface area contributed by atoms with Gasteiger partial charge in [-0.3, -0.25) is 0 Å². The van der Waals surface area contributed by atoms with E-state index < -0.39 is 5.82 Å². The number of aliphatic hydroxyl groups excluding tert-OH is 1. The van der Waals surface area contributed by atoms with E-state index in [9.17, 15) is 4.39 Å². The Balaban J connectivity index is 2.05. The summed E-state index contributed by atoms with van der Waals surface area (Å²) >= 11 is 0. The summed E-state index contributed by atoms with van der Waals surface area (Å²) in [5, 5.41) is 9.05. The molecular weight excluding hydrogens is 243 g/mol. The molecule has 100 valence electrons. The van der Waals surface area contributed by atoms with Crippen LogP contribution in [0.1, 0.15) is 24.0 Å². The van der Waals surface area contributed by atoms with Gasteiger partial charge in [-0.1, -0.05) is 43.3 Å². The fourth-order valence-electron chi connectivity index (χ4n) is 1.78. The molecule has 2 aromatic carbocycles. The van der Waals surface area contributed by atoms with E-state index in [1.165, 1.54) is 6.07 Å². The molecule has 1 unspecified atom stereocenters. The number of aliphatic hydroxyl groups is 1. The highest BCUT2D eigenvalue weighted by molar-refractivity contribution is 5.31. The Morgan fingerprint density at radius 1 is 1.16 bits per heavy atom. The molecule has 2 aromatic rings. The highest BCUT2D eigenvalue weighted by Gasteiger charge is 2.09. The standard InChI is InChI=1S/C16H17FO2/c1-12(10-18)14-7-8-16(15(17)9-14)19-11-13-5-3-2-4-6-13/h2-9,12,18H,10-11H2,1H3. The molecule has 0 aliphatic heterocycles. The topological polar surface area (TPSA) is 29.5 Å². The summed E-state index contributed by atoms with van der Waals surface area (Å²) in [6.45, 7) is 2.19. The normalized spacial score (nSPS) is 12.2. The van der Waals surface area contributed by atoms with E-state index >= 15 is 0 Å². The number of rotatable bonds is 5. The predicted octanol–water partition coefficient (Wildman–Crippen LogP) is 3.50. The van der Waals surface area contributed by atoms with Gasteiger partial charge >= 0.3 is 0 Å². The fourth-order valence-corrected chi connectivity index (χ4v) is 1.78. The van der Waals surface area contributed by atoms with Crippen LogP contribution < -0.4 is 4.74 Å². The molecule has 0 spiro atoms. The SMILES string of the molecule is CC(CO)c1ccc(OCc2ccccc2)c(F)c1. The van der Waals surface area contributed by atoms with Crippen molar-refractivity contribution >= 4 is 0 Å². The minimum absolute atomic E-state index is 0.00363. The summed E-state index contributed by atoms with van der Waals surface area (Å²) in [5.41, 5.74) is 1.77. The monoisotopic (exact) mass is 260 g/mol. The van der Waals surface area contributed by atoms with Crippen molar-refractivity contribution in [3.8, 4) is 5.75 Å². The number of halogens is 1. The Kier molecular flexibility index (Phi) is 4.53. The lowest BCUT2D eigenvalue weighted by atomic mass is 10.0. The zero-order valence-corrected chi connectivity index (χ0v) is 10.8. The van der Waals surface area contributed by atoms with Crippen molar-refractivity contribution in [3.63, 3.8) is 0 Å². The molecule has 0 aliphatic carbocycles. The number of ether oxygens (including phenoxy) is 1. The van der Waals surface area contributed by atoms with Crippen molar-refractivity contribution in [1.29, 1.82) is 0 Å². The number of hydrogen-bond donors (Lipinski definition) is 1. The lowest BCUT2D eigenvalue weighted by molar-refractivity contribution is 0.271. The smallest absolute Gasteiger partial charge is 0.165 e. The minimum atomic E-state index is -0.395. The Labute approximate surface area is 112 Å². The maximum absolute atomic E-state index is 13.8. The van der Waals surface area contributed by atoms with E-state index in [2.05, 4.69) is 0 Å². The van der Waals surface area contributed by atoms with Crippen LogP contribution in [0.15, 0.2) is 48.5 Å². The second-order valence-electron chi connectivity index (χ2n) is 4.55. The average molecular weight is 260 g/mol. The van der Waals surface area contributed by atoms with Crippen LogP contribution in [0.4, 0.5) is 4.39 Å². The third-order valence-electron chi connectivity index (χ3n) is 3.04. The molecule has 0 heterocycles. The van der Waals surface area contributed by atoms with Gasteiger partial charge in [0.2, 0.25) is 0 Å². The van der Waals surface area contributed by atoms with Gasteiger partial charge in [-0.25, -0.2) is 4.39 Å². The second kappa shape index (κ2) is 6.34. The highest BCUT2D eigenvalue weighted by atomic mass is 19.1. The first-order chi connectivity index (χ1) is 9.20. The van der Waals surface area contributed by atoms with Crippen molar-refractivity contribution in [2.24, 2.45) is 0 Å². The summed E-state index contributed by atoms with van der Waals surface area (Å²) < 4.78 is 19.3. The molecule has 19 heavy (non-hydrogen) atoms. The molecule has 0 aromatic heterocycles. The lowest BCUT2D eigenvalue weighted by Gasteiger charge is -2.11. The van der Waals surface area contributed by atoms with E-state index in [0.717, 1.165) is 11.1 Å². The molecule has 0 saturated heterocycles. The van der Waals surface area contributed by atoms with E-state index in [1.54, 1.807) is 12.1 Å². The van der Waals surface area contributed by atoms with E-state index in [4.69, 9.17) is 9.84 Å². The molecule has 2 nitrogen and oxygen atoms in total. The summed E-state index contributed by atoms with van der Waals surface area (Å²) in [6, 6.07) is 14.4. The summed E-state index contributed by atoms with van der Waals surface area (Å²) in [4.78, 5) is 0. The Bertz CT molecular complexity index is 526. The van der Waals surface area contributed by atoms with Gasteiger partial charge in [0.1, 0.15) is 6.61 Å². The molecular formula is C16H17FO2. The molecule has 0 radical (unpaired) electrons. The summed E-state index contributed by atoms with van der Waals surface area (Å²) in [7, 11) is 0. The van der Waals surface area contributed by atoms with E-state index in [1.807, 2.05) is 37.3 Å². The predicted molar refractivity (Wildman–Crippen MR) is 72.7 cm³/mol. The third-order valence-corrected chi connectivity index (χ3v) is 3.04.